The number of rotatable bonds is 8. The highest BCUT2D eigenvalue weighted by atomic mass is 32.2. The molecule has 0 radical (unpaired) electrons. The molecule has 1 heterocycles. The van der Waals surface area contributed by atoms with E-state index in [1.165, 1.54) is 16.7 Å². The van der Waals surface area contributed by atoms with Crippen LogP contribution < -0.4 is 15.7 Å². The van der Waals surface area contributed by atoms with Crippen molar-refractivity contribution in [1.82, 2.24) is 13.9 Å². The highest BCUT2D eigenvalue weighted by Crippen LogP contribution is 2.23. The van der Waals surface area contributed by atoms with Crippen molar-refractivity contribution in [2.45, 2.75) is 50.2 Å². The molecule has 2 aromatic carbocycles. The molecule has 0 bridgehead atoms. The Bertz CT molecular complexity index is 1260. The van der Waals surface area contributed by atoms with Gasteiger partial charge in [-0.3, -0.25) is 13.9 Å². The molecule has 8 nitrogen and oxygen atoms in total. The lowest BCUT2D eigenvalue weighted by Gasteiger charge is -2.09. The van der Waals surface area contributed by atoms with Crippen LogP contribution in [0.3, 0.4) is 0 Å². The Hall–Kier alpha value is -2.91. The summed E-state index contributed by atoms with van der Waals surface area (Å²) >= 11 is 0. The van der Waals surface area contributed by atoms with Crippen LogP contribution in [0.25, 0.3) is 11.0 Å². The SMILES string of the molecule is CCCn1c(=O)n(CC(=O)Nc2cccc(S(=O)(=O)NC3CC3)c2)c2ccccc21. The minimum absolute atomic E-state index is 0.000519. The van der Waals surface area contributed by atoms with Gasteiger partial charge in [0.15, 0.2) is 0 Å². The van der Waals surface area contributed by atoms with E-state index in [1.54, 1.807) is 16.7 Å². The fourth-order valence-electron chi connectivity index (χ4n) is 3.44. The highest BCUT2D eigenvalue weighted by Gasteiger charge is 2.28. The van der Waals surface area contributed by atoms with Gasteiger partial charge in [-0.2, -0.15) is 0 Å². The number of carbonyl (C=O) groups is 1. The molecular weight excluding hydrogens is 404 g/mol. The predicted molar refractivity (Wildman–Crippen MR) is 115 cm³/mol. The maximum atomic E-state index is 12.8. The van der Waals surface area contributed by atoms with E-state index in [1.807, 2.05) is 31.2 Å². The Morgan fingerprint density at radius 1 is 1.07 bits per heavy atom. The van der Waals surface area contributed by atoms with Gasteiger partial charge >= 0.3 is 5.69 Å². The van der Waals surface area contributed by atoms with Gasteiger partial charge in [-0.15, -0.1) is 0 Å². The van der Waals surface area contributed by atoms with Crippen molar-refractivity contribution in [2.75, 3.05) is 5.32 Å². The van der Waals surface area contributed by atoms with Gasteiger partial charge in [0.05, 0.1) is 15.9 Å². The van der Waals surface area contributed by atoms with Gasteiger partial charge in [-0.05, 0) is 49.6 Å². The zero-order valence-corrected chi connectivity index (χ0v) is 17.5. The second-order valence-electron chi connectivity index (χ2n) is 7.48. The van der Waals surface area contributed by atoms with Crippen LogP contribution in [0, 0.1) is 0 Å². The van der Waals surface area contributed by atoms with Crippen LogP contribution in [0.2, 0.25) is 0 Å². The highest BCUT2D eigenvalue weighted by molar-refractivity contribution is 7.89. The molecule has 0 atom stereocenters. The zero-order chi connectivity index (χ0) is 21.3. The Balaban J connectivity index is 1.55. The van der Waals surface area contributed by atoms with Crippen LogP contribution in [0.1, 0.15) is 26.2 Å². The number of hydrogen-bond acceptors (Lipinski definition) is 4. The molecule has 0 unspecified atom stereocenters. The number of fused-ring (bicyclic) bond motifs is 1. The number of benzene rings is 2. The van der Waals surface area contributed by atoms with Gasteiger partial charge in [-0.1, -0.05) is 25.1 Å². The first-order valence-electron chi connectivity index (χ1n) is 9.99. The number of anilines is 1. The normalized spacial score (nSPS) is 14.2. The Morgan fingerprint density at radius 3 is 2.43 bits per heavy atom. The number of hydrogen-bond donors (Lipinski definition) is 2. The standard InChI is InChI=1S/C21H24N4O4S/c1-2-12-24-18-8-3-4-9-19(18)25(21(24)27)14-20(26)22-16-6-5-7-17(13-16)30(28,29)23-15-10-11-15/h3-9,13,15,23H,2,10-12,14H2,1H3,(H,22,26). The number of amides is 1. The summed E-state index contributed by atoms with van der Waals surface area (Å²) in [6.45, 7) is 2.40. The third-order valence-electron chi connectivity index (χ3n) is 5.00. The predicted octanol–water partition coefficient (Wildman–Crippen LogP) is 2.29. The number of para-hydroxylation sites is 2. The minimum atomic E-state index is -3.61. The summed E-state index contributed by atoms with van der Waals surface area (Å²) in [6.07, 6.45) is 2.49. The van der Waals surface area contributed by atoms with Gasteiger partial charge in [0, 0.05) is 18.3 Å². The lowest BCUT2D eigenvalue weighted by Crippen LogP contribution is -2.29. The molecule has 158 valence electrons. The van der Waals surface area contributed by atoms with E-state index in [-0.39, 0.29) is 23.2 Å². The maximum absolute atomic E-state index is 12.8. The van der Waals surface area contributed by atoms with Crippen LogP contribution in [0.5, 0.6) is 0 Å². The summed E-state index contributed by atoms with van der Waals surface area (Å²) in [5.41, 5.74) is 1.61. The van der Waals surface area contributed by atoms with Crippen LogP contribution in [-0.2, 0) is 27.9 Å². The van der Waals surface area contributed by atoms with Gasteiger partial charge in [-0.25, -0.2) is 17.9 Å². The molecule has 1 aromatic heterocycles. The fourth-order valence-corrected chi connectivity index (χ4v) is 4.79. The average Bonchev–Trinajstić information content (AvgIpc) is 3.49. The second-order valence-corrected chi connectivity index (χ2v) is 9.19. The van der Waals surface area contributed by atoms with Crippen LogP contribution >= 0.6 is 0 Å². The minimum Gasteiger partial charge on any atom is -0.324 e. The topological polar surface area (TPSA) is 102 Å². The third kappa shape index (κ3) is 4.17. The first kappa shape index (κ1) is 20.4. The Morgan fingerprint density at radius 2 is 1.77 bits per heavy atom. The molecule has 0 saturated heterocycles. The first-order valence-corrected chi connectivity index (χ1v) is 11.5. The summed E-state index contributed by atoms with van der Waals surface area (Å²) in [5.74, 6) is -0.402. The fraction of sp³-hybridized carbons (Fsp3) is 0.333. The van der Waals surface area contributed by atoms with E-state index in [0.717, 1.165) is 24.8 Å². The average molecular weight is 429 g/mol. The Kier molecular flexibility index (Phi) is 5.48. The molecule has 1 aliphatic rings. The molecule has 2 N–H and O–H groups in total. The van der Waals surface area contributed by atoms with Crippen molar-refractivity contribution < 1.29 is 13.2 Å². The van der Waals surface area contributed by atoms with Crippen molar-refractivity contribution in [1.29, 1.82) is 0 Å². The zero-order valence-electron chi connectivity index (χ0n) is 16.7. The van der Waals surface area contributed by atoms with Crippen molar-refractivity contribution in [2.24, 2.45) is 0 Å². The van der Waals surface area contributed by atoms with Crippen LogP contribution in [0.4, 0.5) is 5.69 Å². The number of imidazole rings is 1. The van der Waals surface area contributed by atoms with Gasteiger partial charge in [0.2, 0.25) is 15.9 Å². The first-order chi connectivity index (χ1) is 14.4. The summed E-state index contributed by atoms with van der Waals surface area (Å²) in [4.78, 5) is 25.6. The van der Waals surface area contributed by atoms with Crippen LogP contribution in [0.15, 0.2) is 58.2 Å². The number of aromatic nitrogens is 2. The largest absolute Gasteiger partial charge is 0.329 e. The molecule has 1 amide bonds. The van der Waals surface area contributed by atoms with E-state index < -0.39 is 15.9 Å². The second kappa shape index (κ2) is 8.08. The summed E-state index contributed by atoms with van der Waals surface area (Å²) in [5, 5.41) is 2.70. The molecular formula is C21H24N4O4S. The summed E-state index contributed by atoms with van der Waals surface area (Å²) in [7, 11) is -3.61. The van der Waals surface area contributed by atoms with Crippen molar-refractivity contribution in [3.05, 3.63) is 59.0 Å². The Labute approximate surface area is 174 Å². The number of sulfonamides is 1. The van der Waals surface area contributed by atoms with E-state index >= 15 is 0 Å². The number of aryl methyl sites for hydroxylation is 1. The van der Waals surface area contributed by atoms with Gasteiger partial charge < -0.3 is 5.32 Å². The van der Waals surface area contributed by atoms with Crippen molar-refractivity contribution >= 4 is 32.7 Å². The molecule has 9 heteroatoms. The lowest BCUT2D eigenvalue weighted by atomic mass is 10.3. The molecule has 4 rings (SSSR count). The molecule has 3 aromatic rings. The third-order valence-corrected chi connectivity index (χ3v) is 6.52. The van der Waals surface area contributed by atoms with E-state index in [9.17, 15) is 18.0 Å². The van der Waals surface area contributed by atoms with E-state index in [0.29, 0.717) is 17.7 Å². The number of carbonyl (C=O) groups excluding carboxylic acids is 1. The van der Waals surface area contributed by atoms with Gasteiger partial charge in [0.1, 0.15) is 6.54 Å². The smallest absolute Gasteiger partial charge is 0.324 e. The number of nitrogens with zero attached hydrogens (tertiary/aromatic N) is 2. The van der Waals surface area contributed by atoms with Gasteiger partial charge in [0.25, 0.3) is 0 Å². The molecule has 30 heavy (non-hydrogen) atoms. The molecule has 1 saturated carbocycles. The monoisotopic (exact) mass is 428 g/mol. The van der Waals surface area contributed by atoms with Crippen molar-refractivity contribution in [3.8, 4) is 0 Å². The van der Waals surface area contributed by atoms with Crippen LogP contribution in [-0.4, -0.2) is 29.5 Å². The molecule has 0 aliphatic heterocycles. The quantitative estimate of drug-likeness (QED) is 0.575. The van der Waals surface area contributed by atoms with Crippen molar-refractivity contribution in [3.63, 3.8) is 0 Å². The van der Waals surface area contributed by atoms with E-state index in [2.05, 4.69) is 10.0 Å². The van der Waals surface area contributed by atoms with E-state index in [4.69, 9.17) is 0 Å². The summed E-state index contributed by atoms with van der Waals surface area (Å²) < 4.78 is 30.5. The number of nitrogens with one attached hydrogen (secondary N) is 2. The summed E-state index contributed by atoms with van der Waals surface area (Å²) in [6, 6.07) is 13.5. The lowest BCUT2D eigenvalue weighted by molar-refractivity contribution is -0.116. The molecule has 0 spiro atoms. The molecule has 1 fully saturated rings. The molecule has 1 aliphatic carbocycles. The maximum Gasteiger partial charge on any atom is 0.329 e.